The Balaban J connectivity index is 3.05. The van der Waals surface area contributed by atoms with Crippen molar-refractivity contribution in [3.05, 3.63) is 12.3 Å². The van der Waals surface area contributed by atoms with Gasteiger partial charge >= 0.3 is 0 Å². The smallest absolute Gasteiger partial charge is 0.240 e. The molecule has 0 aromatic rings. The van der Waals surface area contributed by atoms with Crippen LogP contribution in [0.4, 0.5) is 0 Å². The molecule has 1 aliphatic rings. The lowest BCUT2D eigenvalue weighted by Crippen LogP contribution is -2.40. The number of amides is 1. The zero-order valence-electron chi connectivity index (χ0n) is 10.1. The fourth-order valence-electron chi connectivity index (χ4n) is 1.98. The van der Waals surface area contributed by atoms with Crippen LogP contribution >= 0.6 is 0 Å². The fourth-order valence-corrected chi connectivity index (χ4v) is 1.98. The van der Waals surface area contributed by atoms with Gasteiger partial charge in [-0.25, -0.2) is 0 Å². The van der Waals surface area contributed by atoms with Crippen LogP contribution in [0.25, 0.3) is 0 Å². The normalized spacial score (nSPS) is 23.4. The zero-order chi connectivity index (χ0) is 11.8. The van der Waals surface area contributed by atoms with Gasteiger partial charge in [0, 0.05) is 17.2 Å². The van der Waals surface area contributed by atoms with Crippen LogP contribution in [-0.4, -0.2) is 42.7 Å². The van der Waals surface area contributed by atoms with Crippen LogP contribution in [0.5, 0.6) is 0 Å². The molecule has 0 aromatic heterocycles. The van der Waals surface area contributed by atoms with Crippen molar-refractivity contribution in [1.82, 2.24) is 9.71 Å². The topological polar surface area (TPSA) is 23.6 Å². The highest BCUT2D eigenvalue weighted by Gasteiger charge is 2.35. The van der Waals surface area contributed by atoms with Crippen molar-refractivity contribution in [2.24, 2.45) is 5.41 Å². The van der Waals surface area contributed by atoms with E-state index < -0.39 is 0 Å². The van der Waals surface area contributed by atoms with Gasteiger partial charge in [-0.15, -0.1) is 0 Å². The predicted octanol–water partition coefficient (Wildman–Crippen LogP) is 1.16. The Labute approximate surface area is 93.5 Å². The summed E-state index contributed by atoms with van der Waals surface area (Å²) in [7, 11) is 5.77. The van der Waals surface area contributed by atoms with E-state index in [0.29, 0.717) is 6.54 Å². The Morgan fingerprint density at radius 3 is 2.47 bits per heavy atom. The van der Waals surface area contributed by atoms with Gasteiger partial charge in [0.15, 0.2) is 7.98 Å². The van der Waals surface area contributed by atoms with Crippen LogP contribution in [0.3, 0.4) is 0 Å². The van der Waals surface area contributed by atoms with Gasteiger partial charge in [-0.1, -0.05) is 20.4 Å². The van der Waals surface area contributed by atoms with Crippen LogP contribution in [0.15, 0.2) is 12.3 Å². The summed E-state index contributed by atoms with van der Waals surface area (Å²) in [4.78, 5) is 15.2. The Bertz CT molecular complexity index is 286. The van der Waals surface area contributed by atoms with Gasteiger partial charge in [-0.3, -0.25) is 4.79 Å². The Kier molecular flexibility index (Phi) is 3.29. The molecule has 82 valence electrons. The van der Waals surface area contributed by atoms with Crippen molar-refractivity contribution in [2.45, 2.75) is 33.7 Å². The summed E-state index contributed by atoms with van der Waals surface area (Å²) in [6, 6.07) is 0.135. The second-order valence-corrected chi connectivity index (χ2v) is 5.09. The summed E-state index contributed by atoms with van der Waals surface area (Å²) in [5, 5.41) is 0. The van der Waals surface area contributed by atoms with Gasteiger partial charge in [0.25, 0.3) is 0 Å². The molecule has 1 fully saturated rings. The number of carbonyl (C=O) groups is 1. The first-order valence-electron chi connectivity index (χ1n) is 5.27. The molecule has 0 aromatic carbocycles. The summed E-state index contributed by atoms with van der Waals surface area (Å²) in [6.45, 7) is 13.1. The van der Waals surface area contributed by atoms with E-state index in [9.17, 15) is 4.79 Å². The third-order valence-electron chi connectivity index (χ3n) is 2.79. The summed E-state index contributed by atoms with van der Waals surface area (Å²) in [6.07, 6.45) is 0. The zero-order valence-corrected chi connectivity index (χ0v) is 10.1. The maximum Gasteiger partial charge on any atom is 0.240 e. The lowest BCUT2D eigenvalue weighted by atomic mass is 9.88. The standard InChI is InChI=1S/C11H19BN2O/c1-8(2)14-9(3)11(4,5)7-13(12)6-10(14)15/h8H,3,6-7H2,1-2,4-5H3. The number of hydrogen-bond donors (Lipinski definition) is 0. The minimum Gasteiger partial charge on any atom is -0.345 e. The third-order valence-corrected chi connectivity index (χ3v) is 2.79. The van der Waals surface area contributed by atoms with Crippen LogP contribution in [0.1, 0.15) is 27.7 Å². The Morgan fingerprint density at radius 2 is 2.00 bits per heavy atom. The molecular formula is C11H19BN2O. The SMILES string of the molecule is [B]N1CC(=O)N(C(C)C)C(=C)C(C)(C)C1. The average molecular weight is 206 g/mol. The molecule has 0 aliphatic carbocycles. The summed E-state index contributed by atoms with van der Waals surface area (Å²) in [5.41, 5.74) is 0.695. The molecule has 3 nitrogen and oxygen atoms in total. The first-order valence-corrected chi connectivity index (χ1v) is 5.27. The maximum atomic E-state index is 11.9. The van der Waals surface area contributed by atoms with Crippen molar-refractivity contribution in [2.75, 3.05) is 13.1 Å². The van der Waals surface area contributed by atoms with Crippen molar-refractivity contribution in [1.29, 1.82) is 0 Å². The first kappa shape index (κ1) is 12.3. The lowest BCUT2D eigenvalue weighted by Gasteiger charge is -2.35. The molecule has 0 unspecified atom stereocenters. The molecule has 0 N–H and O–H groups in total. The highest BCUT2D eigenvalue weighted by molar-refractivity contribution is 6.06. The van der Waals surface area contributed by atoms with Crippen LogP contribution in [-0.2, 0) is 4.79 Å². The molecule has 1 heterocycles. The third kappa shape index (κ3) is 2.43. The van der Waals surface area contributed by atoms with Gasteiger partial charge in [0.1, 0.15) is 0 Å². The molecule has 0 atom stereocenters. The van der Waals surface area contributed by atoms with E-state index in [1.165, 1.54) is 0 Å². The lowest BCUT2D eigenvalue weighted by molar-refractivity contribution is -0.130. The van der Waals surface area contributed by atoms with E-state index in [2.05, 4.69) is 20.4 Å². The summed E-state index contributed by atoms with van der Waals surface area (Å²) < 4.78 is 0. The fraction of sp³-hybridized carbons (Fsp3) is 0.727. The quantitative estimate of drug-likeness (QED) is 0.601. The molecule has 0 bridgehead atoms. The molecule has 1 saturated heterocycles. The highest BCUT2D eigenvalue weighted by Crippen LogP contribution is 2.32. The van der Waals surface area contributed by atoms with Crippen molar-refractivity contribution >= 4 is 13.9 Å². The molecule has 15 heavy (non-hydrogen) atoms. The molecular weight excluding hydrogens is 187 g/mol. The van der Waals surface area contributed by atoms with Crippen LogP contribution < -0.4 is 0 Å². The van der Waals surface area contributed by atoms with Crippen molar-refractivity contribution < 1.29 is 4.79 Å². The molecule has 1 rings (SSSR count). The number of carbonyl (C=O) groups excluding carboxylic acids is 1. The number of rotatable bonds is 1. The van der Waals surface area contributed by atoms with Gasteiger partial charge in [0.05, 0.1) is 6.54 Å². The molecule has 4 heteroatoms. The molecule has 1 aliphatic heterocycles. The number of nitrogens with zero attached hydrogens (tertiary/aromatic N) is 2. The van der Waals surface area contributed by atoms with E-state index >= 15 is 0 Å². The summed E-state index contributed by atoms with van der Waals surface area (Å²) in [5.74, 6) is 0.0306. The van der Waals surface area contributed by atoms with E-state index in [1.807, 2.05) is 13.8 Å². The van der Waals surface area contributed by atoms with Gasteiger partial charge < -0.3 is 9.71 Å². The van der Waals surface area contributed by atoms with Gasteiger partial charge in [-0.05, 0) is 20.4 Å². The molecule has 0 spiro atoms. The monoisotopic (exact) mass is 206 g/mol. The van der Waals surface area contributed by atoms with E-state index in [1.54, 1.807) is 9.71 Å². The number of hydrogen-bond acceptors (Lipinski definition) is 2. The Morgan fingerprint density at radius 1 is 1.47 bits per heavy atom. The maximum absolute atomic E-state index is 11.9. The van der Waals surface area contributed by atoms with Crippen molar-refractivity contribution in [3.8, 4) is 0 Å². The minimum atomic E-state index is -0.162. The summed E-state index contributed by atoms with van der Waals surface area (Å²) >= 11 is 0. The molecule has 2 radical (unpaired) electrons. The van der Waals surface area contributed by atoms with Crippen LogP contribution in [0, 0.1) is 5.41 Å². The van der Waals surface area contributed by atoms with E-state index in [0.717, 1.165) is 5.70 Å². The van der Waals surface area contributed by atoms with Gasteiger partial charge in [0.2, 0.25) is 5.91 Å². The molecule has 1 amide bonds. The highest BCUT2D eigenvalue weighted by atomic mass is 16.2. The minimum absolute atomic E-state index is 0.0306. The van der Waals surface area contributed by atoms with E-state index in [-0.39, 0.29) is 23.9 Å². The first-order chi connectivity index (χ1) is 6.75. The second-order valence-electron chi connectivity index (χ2n) is 5.09. The second kappa shape index (κ2) is 4.01. The Hall–Kier alpha value is -0.765. The molecule has 0 saturated carbocycles. The van der Waals surface area contributed by atoms with Gasteiger partial charge in [-0.2, -0.15) is 0 Å². The largest absolute Gasteiger partial charge is 0.345 e. The van der Waals surface area contributed by atoms with E-state index in [4.69, 9.17) is 7.98 Å². The van der Waals surface area contributed by atoms with Crippen LogP contribution in [0.2, 0.25) is 0 Å². The average Bonchev–Trinajstić information content (AvgIpc) is 2.06. The predicted molar refractivity (Wildman–Crippen MR) is 62.2 cm³/mol. The van der Waals surface area contributed by atoms with Crippen molar-refractivity contribution in [3.63, 3.8) is 0 Å².